The highest BCUT2D eigenvalue weighted by Crippen LogP contribution is 2.41. The first-order valence-electron chi connectivity index (χ1n) is 9.60. The molecule has 0 N–H and O–H groups in total. The molecule has 2 aliphatic rings. The van der Waals surface area contributed by atoms with E-state index in [1.165, 1.54) is 0 Å². The van der Waals surface area contributed by atoms with Crippen LogP contribution in [-0.2, 0) is 6.54 Å². The maximum Gasteiger partial charge on any atom is 0.263 e. The van der Waals surface area contributed by atoms with Gasteiger partial charge in [0.25, 0.3) is 5.56 Å². The van der Waals surface area contributed by atoms with Gasteiger partial charge in [0.15, 0.2) is 23.0 Å². The Morgan fingerprint density at radius 3 is 2.48 bits per heavy atom. The Hall–Kier alpha value is -3.41. The van der Waals surface area contributed by atoms with Crippen LogP contribution in [0.25, 0.3) is 28.1 Å². The number of allylic oxidation sites excluding steroid dienone is 1. The number of hydrogen-bond donors (Lipinski definition) is 0. The lowest BCUT2D eigenvalue weighted by atomic mass is 10.0. The van der Waals surface area contributed by atoms with Crippen molar-refractivity contribution in [2.75, 3.05) is 21.0 Å². The van der Waals surface area contributed by atoms with Crippen LogP contribution in [0.5, 0.6) is 23.0 Å². The van der Waals surface area contributed by atoms with Gasteiger partial charge >= 0.3 is 0 Å². The number of rotatable bonds is 2. The quantitative estimate of drug-likeness (QED) is 0.643. The lowest BCUT2D eigenvalue weighted by Crippen LogP contribution is -2.21. The van der Waals surface area contributed by atoms with Crippen molar-refractivity contribution in [2.45, 2.75) is 20.4 Å². The van der Waals surface area contributed by atoms with E-state index in [9.17, 15) is 4.79 Å². The second-order valence-corrected chi connectivity index (χ2v) is 6.41. The maximum absolute atomic E-state index is 13.4. The highest BCUT2D eigenvalue weighted by molar-refractivity contribution is 5.93. The Bertz CT molecular complexity index is 1180. The summed E-state index contributed by atoms with van der Waals surface area (Å²) in [6, 6.07) is 9.59. The summed E-state index contributed by atoms with van der Waals surface area (Å²) in [7, 11) is 3.11. The standard InChI is InChI=1S/C21H17NO5.C2H6/c1-24-16-6-5-13-8-15-14-10-18-17(26-11-27-18)9-12(14)4-3-7-22(15)21(23)19(13)20(16)25-2;1-2/h3-6,8-10H,7,11H2,1-2H3;1-2H3. The monoisotopic (exact) mass is 393 g/mol. The lowest BCUT2D eigenvalue weighted by molar-refractivity contribution is 0.174. The Balaban J connectivity index is 0.000000994. The molecule has 6 nitrogen and oxygen atoms in total. The highest BCUT2D eigenvalue weighted by Gasteiger charge is 2.23. The fourth-order valence-corrected chi connectivity index (χ4v) is 3.76. The van der Waals surface area contributed by atoms with Gasteiger partial charge < -0.3 is 23.5 Å². The average molecular weight is 393 g/mol. The number of methoxy groups -OCH3 is 2. The minimum absolute atomic E-state index is 0.117. The van der Waals surface area contributed by atoms with Gasteiger partial charge in [-0.15, -0.1) is 0 Å². The van der Waals surface area contributed by atoms with Crippen LogP contribution in [0.3, 0.4) is 0 Å². The predicted octanol–water partition coefficient (Wildman–Crippen LogP) is 4.47. The Labute approximate surface area is 168 Å². The van der Waals surface area contributed by atoms with Crippen molar-refractivity contribution in [3.05, 3.63) is 52.3 Å². The third-order valence-electron chi connectivity index (χ3n) is 5.03. The number of hydrogen-bond acceptors (Lipinski definition) is 5. The molecule has 2 aliphatic heterocycles. The van der Waals surface area contributed by atoms with E-state index in [1.54, 1.807) is 18.8 Å². The number of nitrogens with zero attached hydrogens (tertiary/aromatic N) is 1. The van der Waals surface area contributed by atoms with Crippen molar-refractivity contribution in [1.29, 1.82) is 0 Å². The molecule has 5 rings (SSSR count). The summed E-state index contributed by atoms with van der Waals surface area (Å²) in [5.74, 6) is 2.40. The minimum atomic E-state index is -0.117. The first-order chi connectivity index (χ1) is 14.2. The van der Waals surface area contributed by atoms with E-state index < -0.39 is 0 Å². The van der Waals surface area contributed by atoms with E-state index in [0.29, 0.717) is 29.2 Å². The summed E-state index contributed by atoms with van der Waals surface area (Å²) in [6.07, 6.45) is 3.98. The molecule has 0 amide bonds. The van der Waals surface area contributed by atoms with Gasteiger partial charge in [-0.3, -0.25) is 4.79 Å². The van der Waals surface area contributed by atoms with Gasteiger partial charge in [-0.25, -0.2) is 0 Å². The van der Waals surface area contributed by atoms with E-state index >= 15 is 0 Å². The van der Waals surface area contributed by atoms with E-state index in [0.717, 1.165) is 28.0 Å². The summed E-state index contributed by atoms with van der Waals surface area (Å²) in [5, 5.41) is 1.31. The predicted molar refractivity (Wildman–Crippen MR) is 113 cm³/mol. The molecule has 150 valence electrons. The van der Waals surface area contributed by atoms with Crippen molar-refractivity contribution >= 4 is 16.8 Å². The second kappa shape index (κ2) is 7.54. The number of aromatic nitrogens is 1. The average Bonchev–Trinajstić information content (AvgIpc) is 3.14. The van der Waals surface area contributed by atoms with E-state index in [2.05, 4.69) is 0 Å². The van der Waals surface area contributed by atoms with Gasteiger partial charge in [0, 0.05) is 12.1 Å². The summed E-state index contributed by atoms with van der Waals surface area (Å²) in [6.45, 7) is 4.68. The Morgan fingerprint density at radius 2 is 1.76 bits per heavy atom. The van der Waals surface area contributed by atoms with Crippen LogP contribution < -0.4 is 24.5 Å². The van der Waals surface area contributed by atoms with Crippen molar-refractivity contribution in [1.82, 2.24) is 4.57 Å². The zero-order valence-electron chi connectivity index (χ0n) is 16.9. The molecule has 29 heavy (non-hydrogen) atoms. The molecule has 1 aromatic heterocycles. The van der Waals surface area contributed by atoms with Crippen molar-refractivity contribution < 1.29 is 18.9 Å². The summed E-state index contributed by atoms with van der Waals surface area (Å²) >= 11 is 0. The SMILES string of the molecule is CC.COc1ccc2cc3n(c(=O)c2c1OC)CC=Cc1cc2c(cc1-3)OCO2. The summed E-state index contributed by atoms with van der Waals surface area (Å²) in [5.41, 5.74) is 2.64. The molecule has 2 aromatic carbocycles. The van der Waals surface area contributed by atoms with Gasteiger partial charge in [-0.2, -0.15) is 0 Å². The van der Waals surface area contributed by atoms with Crippen molar-refractivity contribution in [3.8, 4) is 34.3 Å². The smallest absolute Gasteiger partial charge is 0.263 e. The third kappa shape index (κ3) is 2.92. The number of pyridine rings is 1. The van der Waals surface area contributed by atoms with Gasteiger partial charge in [-0.1, -0.05) is 32.1 Å². The second-order valence-electron chi connectivity index (χ2n) is 6.41. The fourth-order valence-electron chi connectivity index (χ4n) is 3.76. The van der Waals surface area contributed by atoms with Crippen LogP contribution in [-0.4, -0.2) is 25.6 Å². The zero-order chi connectivity index (χ0) is 20.5. The third-order valence-corrected chi connectivity index (χ3v) is 5.03. The van der Waals surface area contributed by atoms with Crippen LogP contribution in [0.1, 0.15) is 19.4 Å². The molecular weight excluding hydrogens is 370 g/mol. The molecule has 0 radical (unpaired) electrons. The molecule has 0 spiro atoms. The number of fused-ring (bicyclic) bond motifs is 5. The van der Waals surface area contributed by atoms with E-state index in [-0.39, 0.29) is 12.4 Å². The molecule has 0 saturated heterocycles. The van der Waals surface area contributed by atoms with Crippen LogP contribution >= 0.6 is 0 Å². The Morgan fingerprint density at radius 1 is 1.00 bits per heavy atom. The normalized spacial score (nSPS) is 13.1. The zero-order valence-corrected chi connectivity index (χ0v) is 16.9. The topological polar surface area (TPSA) is 58.9 Å². The lowest BCUT2D eigenvalue weighted by Gasteiger charge is -2.16. The van der Waals surface area contributed by atoms with Crippen LogP contribution in [0.4, 0.5) is 0 Å². The molecule has 0 saturated carbocycles. The van der Waals surface area contributed by atoms with Crippen molar-refractivity contribution in [3.63, 3.8) is 0 Å². The molecule has 3 heterocycles. The molecule has 0 unspecified atom stereocenters. The molecule has 0 aliphatic carbocycles. The fraction of sp³-hybridized carbons (Fsp3) is 0.261. The first kappa shape index (κ1) is 18.9. The Kier molecular flexibility index (Phi) is 4.92. The minimum Gasteiger partial charge on any atom is -0.493 e. The van der Waals surface area contributed by atoms with Crippen molar-refractivity contribution in [2.24, 2.45) is 0 Å². The molecule has 0 bridgehead atoms. The van der Waals surface area contributed by atoms with Gasteiger partial charge in [-0.05, 0) is 35.2 Å². The first-order valence-corrected chi connectivity index (χ1v) is 9.60. The van der Waals surface area contributed by atoms with Crippen LogP contribution in [0.2, 0.25) is 0 Å². The van der Waals surface area contributed by atoms with E-state index in [1.807, 2.05) is 56.3 Å². The number of ether oxygens (including phenoxy) is 4. The van der Waals surface area contributed by atoms with E-state index in [4.69, 9.17) is 18.9 Å². The summed E-state index contributed by atoms with van der Waals surface area (Å²) in [4.78, 5) is 13.4. The number of benzene rings is 2. The molecule has 6 heteroatoms. The van der Waals surface area contributed by atoms with Gasteiger partial charge in [0.05, 0.1) is 25.3 Å². The summed E-state index contributed by atoms with van der Waals surface area (Å²) < 4.78 is 23.6. The van der Waals surface area contributed by atoms with Crippen LogP contribution in [0, 0.1) is 0 Å². The van der Waals surface area contributed by atoms with Crippen LogP contribution in [0.15, 0.2) is 41.2 Å². The maximum atomic E-state index is 13.4. The molecule has 0 atom stereocenters. The molecular formula is C23H23NO5. The van der Waals surface area contributed by atoms with Gasteiger partial charge in [0.2, 0.25) is 6.79 Å². The largest absolute Gasteiger partial charge is 0.493 e. The highest BCUT2D eigenvalue weighted by atomic mass is 16.7. The molecule has 3 aromatic rings. The molecule has 0 fully saturated rings. The van der Waals surface area contributed by atoms with Gasteiger partial charge in [0.1, 0.15) is 0 Å².